The van der Waals surface area contributed by atoms with Crippen LogP contribution in [-0.2, 0) is 9.59 Å². The largest absolute Gasteiger partial charge is 0.507 e. The van der Waals surface area contributed by atoms with E-state index in [1.54, 1.807) is 12.1 Å². The quantitative estimate of drug-likeness (QED) is 0.304. The number of fused-ring (bicyclic) bond motifs is 2. The average molecular weight is 589 g/mol. The number of aliphatic hydroxyl groups excluding tert-OH is 1. The molecule has 2 N–H and O–H groups in total. The summed E-state index contributed by atoms with van der Waals surface area (Å²) in [6.45, 7) is 8.82. The first-order chi connectivity index (χ1) is 21.2. The molecular weight excluding hydrogens is 548 g/mol. The second-order valence-corrected chi connectivity index (χ2v) is 13.1. The number of nitrogens with zero attached hydrogens (tertiary/aromatic N) is 2. The third-order valence-corrected chi connectivity index (χ3v) is 10.4. The van der Waals surface area contributed by atoms with Gasteiger partial charge in [0.1, 0.15) is 11.5 Å². The molecule has 7 rings (SSSR count). The molecule has 0 amide bonds. The Balaban J connectivity index is 1.37. The number of hydrogen-bond donors (Lipinski definition) is 2. The molecule has 2 aliphatic carbocycles. The number of hydrogen-bond acceptors (Lipinski definition) is 6. The lowest BCUT2D eigenvalue weighted by atomic mass is 9.74. The van der Waals surface area contributed by atoms with Gasteiger partial charge in [0.25, 0.3) is 0 Å². The van der Waals surface area contributed by atoms with Gasteiger partial charge in [-0.2, -0.15) is 0 Å². The van der Waals surface area contributed by atoms with Crippen LogP contribution in [0, 0.1) is 0 Å². The number of allylic oxidation sites excluding steroid dienone is 4. The standard InChI is InChI=1S/C38H40N2O4/c1-21-11-9-12-22(2)39(21)29-19-31(41)33(27-17-7-5-15-25(27)29)35-37(43)36(38(35)44)34-28-18-8-6-16-26(28)30(20-32(34)42)40-23(3)13-10-14-24(40)4/h5-8,15-24,41,43H,9-14H2,1-4H3/b36-34-. The zero-order valence-corrected chi connectivity index (χ0v) is 25.9. The van der Waals surface area contributed by atoms with Gasteiger partial charge in [-0.05, 0) is 77.2 Å². The molecular formula is C38H40N2O4. The normalized spacial score (nSPS) is 27.4. The number of aliphatic hydroxyl groups is 1. The first-order valence-corrected chi connectivity index (χ1v) is 16.1. The zero-order valence-electron chi connectivity index (χ0n) is 25.9. The Bertz CT molecular complexity index is 1790. The lowest BCUT2D eigenvalue weighted by molar-refractivity contribution is -0.113. The number of piperidine rings is 2. The summed E-state index contributed by atoms with van der Waals surface area (Å²) in [5.74, 6) is -0.994. The van der Waals surface area contributed by atoms with E-state index >= 15 is 0 Å². The van der Waals surface area contributed by atoms with Gasteiger partial charge in [0.05, 0.1) is 11.1 Å². The molecule has 6 heteroatoms. The van der Waals surface area contributed by atoms with Crippen LogP contribution in [0.3, 0.4) is 0 Å². The molecule has 0 aromatic heterocycles. The SMILES string of the molecule is CC1CCCC(C)N1C1=CC(=O)/C(=C2\C(=O)C(c3c(O)cc(N4C(C)CCCC4C)c4ccccc34)=C2O)c2ccccc21. The van der Waals surface area contributed by atoms with E-state index in [9.17, 15) is 19.8 Å². The van der Waals surface area contributed by atoms with Crippen molar-refractivity contribution in [1.29, 1.82) is 0 Å². The van der Waals surface area contributed by atoms with E-state index in [2.05, 4.69) is 37.5 Å². The Labute approximate surface area is 259 Å². The number of carbonyl (C=O) groups is 2. The molecule has 0 bridgehead atoms. The summed E-state index contributed by atoms with van der Waals surface area (Å²) in [5.41, 5.74) is 4.00. The van der Waals surface area contributed by atoms with E-state index in [0.29, 0.717) is 40.7 Å². The van der Waals surface area contributed by atoms with E-state index < -0.39 is 5.78 Å². The van der Waals surface area contributed by atoms with Crippen LogP contribution >= 0.6 is 0 Å². The predicted octanol–water partition coefficient (Wildman–Crippen LogP) is 7.80. The molecule has 44 heavy (non-hydrogen) atoms. The number of likely N-dealkylation sites (tertiary alicyclic amines) is 1. The number of benzene rings is 3. The summed E-state index contributed by atoms with van der Waals surface area (Å²) in [6.07, 6.45) is 8.23. The minimum atomic E-state index is -0.426. The van der Waals surface area contributed by atoms with Crippen molar-refractivity contribution in [3.63, 3.8) is 0 Å². The molecule has 0 spiro atoms. The monoisotopic (exact) mass is 588 g/mol. The van der Waals surface area contributed by atoms with Crippen molar-refractivity contribution in [2.45, 2.75) is 90.4 Å². The minimum Gasteiger partial charge on any atom is -0.507 e. The molecule has 0 radical (unpaired) electrons. The molecule has 2 saturated heterocycles. The number of aromatic hydroxyl groups is 1. The van der Waals surface area contributed by atoms with Crippen LogP contribution in [0.2, 0.25) is 0 Å². The molecule has 2 fully saturated rings. The van der Waals surface area contributed by atoms with Gasteiger partial charge in [-0.3, -0.25) is 9.59 Å². The van der Waals surface area contributed by atoms with Crippen molar-refractivity contribution in [2.24, 2.45) is 0 Å². The molecule has 3 aromatic carbocycles. The highest BCUT2D eigenvalue weighted by Crippen LogP contribution is 2.50. The fourth-order valence-corrected chi connectivity index (χ4v) is 8.28. The number of ketones is 2. The van der Waals surface area contributed by atoms with E-state index in [4.69, 9.17) is 0 Å². The first kappa shape index (κ1) is 28.5. The maximum absolute atomic E-state index is 14.0. The summed E-state index contributed by atoms with van der Waals surface area (Å²) in [5, 5.41) is 24.7. The Morgan fingerprint density at radius 2 is 1.20 bits per heavy atom. The number of Topliss-reactive ketones (excluding diaryl/α,β-unsaturated/α-hetero) is 1. The predicted molar refractivity (Wildman–Crippen MR) is 176 cm³/mol. The Kier molecular flexibility index (Phi) is 6.91. The number of rotatable bonds is 3. The maximum Gasteiger partial charge on any atom is 0.202 e. The van der Waals surface area contributed by atoms with Gasteiger partial charge >= 0.3 is 0 Å². The zero-order chi connectivity index (χ0) is 30.9. The fourth-order valence-electron chi connectivity index (χ4n) is 8.28. The highest BCUT2D eigenvalue weighted by atomic mass is 16.3. The number of anilines is 1. The summed E-state index contributed by atoms with van der Waals surface area (Å²) in [7, 11) is 0. The Hall–Kier alpha value is -4.32. The van der Waals surface area contributed by atoms with Gasteiger partial charge in [0.2, 0.25) is 5.78 Å². The molecule has 4 atom stereocenters. The Morgan fingerprint density at radius 3 is 1.82 bits per heavy atom. The molecule has 226 valence electrons. The van der Waals surface area contributed by atoms with Gasteiger partial charge in [-0.15, -0.1) is 0 Å². The van der Waals surface area contributed by atoms with Crippen LogP contribution in [0.4, 0.5) is 5.69 Å². The smallest absolute Gasteiger partial charge is 0.202 e. The lowest BCUT2D eigenvalue weighted by Gasteiger charge is -2.44. The first-order valence-electron chi connectivity index (χ1n) is 16.1. The second-order valence-electron chi connectivity index (χ2n) is 13.1. The summed E-state index contributed by atoms with van der Waals surface area (Å²) >= 11 is 0. The van der Waals surface area contributed by atoms with Gasteiger partial charge in [0, 0.05) is 69.8 Å². The fraction of sp³-hybridized carbons (Fsp3) is 0.368. The van der Waals surface area contributed by atoms with Crippen LogP contribution in [0.5, 0.6) is 5.75 Å². The summed E-state index contributed by atoms with van der Waals surface area (Å²) < 4.78 is 0. The molecule has 4 aliphatic rings. The van der Waals surface area contributed by atoms with Crippen molar-refractivity contribution in [3.8, 4) is 5.75 Å². The highest BCUT2D eigenvalue weighted by Gasteiger charge is 2.43. The molecule has 6 nitrogen and oxygen atoms in total. The summed E-state index contributed by atoms with van der Waals surface area (Å²) in [4.78, 5) is 32.6. The van der Waals surface area contributed by atoms with Crippen molar-refractivity contribution < 1.29 is 19.8 Å². The van der Waals surface area contributed by atoms with Gasteiger partial charge < -0.3 is 20.0 Å². The molecule has 2 aliphatic heterocycles. The highest BCUT2D eigenvalue weighted by molar-refractivity contribution is 6.48. The van der Waals surface area contributed by atoms with Crippen LogP contribution in [0.15, 0.2) is 72.0 Å². The number of phenols is 1. The van der Waals surface area contributed by atoms with Crippen LogP contribution in [0.25, 0.3) is 27.6 Å². The molecule has 4 unspecified atom stereocenters. The summed E-state index contributed by atoms with van der Waals surface area (Å²) in [6, 6.07) is 18.4. The van der Waals surface area contributed by atoms with Crippen molar-refractivity contribution in [1.82, 2.24) is 4.90 Å². The third-order valence-electron chi connectivity index (χ3n) is 10.4. The molecule has 2 heterocycles. The topological polar surface area (TPSA) is 81.1 Å². The molecule has 3 aromatic rings. The number of carbonyl (C=O) groups excluding carboxylic acids is 2. The second kappa shape index (κ2) is 10.7. The number of phenolic OH excluding ortho intramolecular Hbond substituents is 1. The maximum atomic E-state index is 14.0. The van der Waals surface area contributed by atoms with Gasteiger partial charge in [-0.1, -0.05) is 48.5 Å². The van der Waals surface area contributed by atoms with Crippen molar-refractivity contribution >= 4 is 44.9 Å². The van der Waals surface area contributed by atoms with Crippen molar-refractivity contribution in [3.05, 3.63) is 88.7 Å². The third kappa shape index (κ3) is 4.21. The van der Waals surface area contributed by atoms with E-state index in [-0.39, 0.29) is 34.0 Å². The van der Waals surface area contributed by atoms with Crippen molar-refractivity contribution in [2.75, 3.05) is 4.90 Å². The average Bonchev–Trinajstić information content (AvgIpc) is 3.00. The molecule has 0 saturated carbocycles. The van der Waals surface area contributed by atoms with E-state index in [0.717, 1.165) is 54.4 Å². The Morgan fingerprint density at radius 1 is 0.659 bits per heavy atom. The van der Waals surface area contributed by atoms with Crippen LogP contribution in [0.1, 0.15) is 82.9 Å². The van der Waals surface area contributed by atoms with Crippen LogP contribution in [-0.4, -0.2) is 50.8 Å². The lowest BCUT2D eigenvalue weighted by Crippen LogP contribution is -2.44. The van der Waals surface area contributed by atoms with E-state index in [1.165, 1.54) is 6.42 Å². The van der Waals surface area contributed by atoms with Crippen LogP contribution < -0.4 is 4.90 Å². The van der Waals surface area contributed by atoms with Gasteiger partial charge in [-0.25, -0.2) is 0 Å². The van der Waals surface area contributed by atoms with Gasteiger partial charge in [0.15, 0.2) is 5.78 Å². The van der Waals surface area contributed by atoms with E-state index in [1.807, 2.05) is 48.5 Å². The minimum absolute atomic E-state index is 0.0262.